The van der Waals surface area contributed by atoms with Gasteiger partial charge < -0.3 is 11.1 Å². The number of aromatic nitrogens is 1. The van der Waals surface area contributed by atoms with Gasteiger partial charge in [0.1, 0.15) is 0 Å². The van der Waals surface area contributed by atoms with Crippen molar-refractivity contribution in [2.75, 3.05) is 30.7 Å². The standard InChI is InChI=1S/C16H22N4/c1-2-20-9-3-4-12(20)10-19-16-6-5-15(17)13-7-8-18-11-14(13)16/h5-8,11-12,19H,2-4,9-10,17H2,1H3. The fourth-order valence-corrected chi connectivity index (χ4v) is 3.14. The molecule has 1 fully saturated rings. The second-order valence-electron chi connectivity index (χ2n) is 5.43. The summed E-state index contributed by atoms with van der Waals surface area (Å²) < 4.78 is 0. The summed E-state index contributed by atoms with van der Waals surface area (Å²) in [5.74, 6) is 0. The molecule has 1 saturated heterocycles. The molecule has 1 aliphatic heterocycles. The van der Waals surface area contributed by atoms with Gasteiger partial charge in [0, 0.05) is 47.1 Å². The van der Waals surface area contributed by atoms with Gasteiger partial charge in [-0.25, -0.2) is 0 Å². The third-order valence-corrected chi connectivity index (χ3v) is 4.29. The zero-order chi connectivity index (χ0) is 13.9. The fraction of sp³-hybridized carbons (Fsp3) is 0.438. The lowest BCUT2D eigenvalue weighted by molar-refractivity contribution is 0.277. The number of nitrogens with zero attached hydrogens (tertiary/aromatic N) is 2. The van der Waals surface area contributed by atoms with Gasteiger partial charge >= 0.3 is 0 Å². The van der Waals surface area contributed by atoms with Gasteiger partial charge in [-0.05, 0) is 44.1 Å². The molecule has 2 heterocycles. The van der Waals surface area contributed by atoms with Crippen LogP contribution in [0.25, 0.3) is 10.8 Å². The Morgan fingerprint density at radius 2 is 2.25 bits per heavy atom. The third kappa shape index (κ3) is 2.43. The number of anilines is 2. The van der Waals surface area contributed by atoms with Crippen LogP contribution in [0, 0.1) is 0 Å². The van der Waals surface area contributed by atoms with Gasteiger partial charge in [0.15, 0.2) is 0 Å². The first-order chi connectivity index (χ1) is 9.79. The summed E-state index contributed by atoms with van der Waals surface area (Å²) in [6, 6.07) is 6.65. The van der Waals surface area contributed by atoms with Crippen LogP contribution >= 0.6 is 0 Å². The maximum atomic E-state index is 6.02. The number of nitrogen functional groups attached to an aromatic ring is 1. The zero-order valence-electron chi connectivity index (χ0n) is 12.0. The summed E-state index contributed by atoms with van der Waals surface area (Å²) >= 11 is 0. The van der Waals surface area contributed by atoms with Gasteiger partial charge in [0.25, 0.3) is 0 Å². The van der Waals surface area contributed by atoms with Crippen LogP contribution < -0.4 is 11.1 Å². The molecule has 20 heavy (non-hydrogen) atoms. The molecule has 4 heteroatoms. The molecule has 0 saturated carbocycles. The van der Waals surface area contributed by atoms with E-state index in [-0.39, 0.29) is 0 Å². The second-order valence-corrected chi connectivity index (χ2v) is 5.43. The van der Waals surface area contributed by atoms with Crippen molar-refractivity contribution in [1.82, 2.24) is 9.88 Å². The number of nitrogens with two attached hydrogens (primary N) is 1. The SMILES string of the molecule is CCN1CCCC1CNc1ccc(N)c2ccncc12. The van der Waals surface area contributed by atoms with Gasteiger partial charge in [0.05, 0.1) is 0 Å². The maximum absolute atomic E-state index is 6.02. The minimum Gasteiger partial charge on any atom is -0.398 e. The number of nitrogens with one attached hydrogen (secondary N) is 1. The Kier molecular flexibility index (Phi) is 3.74. The van der Waals surface area contributed by atoms with Crippen molar-refractivity contribution >= 4 is 22.1 Å². The van der Waals surface area contributed by atoms with Crippen LogP contribution in [0.5, 0.6) is 0 Å². The molecule has 1 unspecified atom stereocenters. The molecule has 3 N–H and O–H groups in total. The van der Waals surface area contributed by atoms with E-state index in [4.69, 9.17) is 5.73 Å². The Hall–Kier alpha value is -1.81. The highest BCUT2D eigenvalue weighted by Crippen LogP contribution is 2.28. The van der Waals surface area contributed by atoms with Crippen molar-refractivity contribution < 1.29 is 0 Å². The summed E-state index contributed by atoms with van der Waals surface area (Å²) in [7, 11) is 0. The number of hydrogen-bond acceptors (Lipinski definition) is 4. The Balaban J connectivity index is 1.79. The summed E-state index contributed by atoms with van der Waals surface area (Å²) in [4.78, 5) is 6.77. The van der Waals surface area contributed by atoms with Gasteiger partial charge in [0.2, 0.25) is 0 Å². The Bertz CT molecular complexity index is 596. The number of rotatable bonds is 4. The summed E-state index contributed by atoms with van der Waals surface area (Å²) in [5.41, 5.74) is 7.96. The second kappa shape index (κ2) is 5.67. The van der Waals surface area contributed by atoms with Crippen molar-refractivity contribution in [3.63, 3.8) is 0 Å². The minimum absolute atomic E-state index is 0.643. The molecule has 0 amide bonds. The van der Waals surface area contributed by atoms with E-state index in [0.29, 0.717) is 6.04 Å². The van der Waals surface area contributed by atoms with Crippen molar-refractivity contribution in [2.45, 2.75) is 25.8 Å². The fourth-order valence-electron chi connectivity index (χ4n) is 3.14. The molecule has 0 spiro atoms. The molecule has 0 bridgehead atoms. The lowest BCUT2D eigenvalue weighted by Crippen LogP contribution is -2.34. The average molecular weight is 270 g/mol. The number of likely N-dealkylation sites (N-methyl/N-ethyl adjacent to an activating group) is 1. The first-order valence-electron chi connectivity index (χ1n) is 7.39. The van der Waals surface area contributed by atoms with Gasteiger partial charge in [-0.2, -0.15) is 0 Å². The van der Waals surface area contributed by atoms with E-state index in [1.54, 1.807) is 6.20 Å². The third-order valence-electron chi connectivity index (χ3n) is 4.29. The van der Waals surface area contributed by atoms with Crippen molar-refractivity contribution in [2.24, 2.45) is 0 Å². The van der Waals surface area contributed by atoms with Crippen LogP contribution in [0.2, 0.25) is 0 Å². The van der Waals surface area contributed by atoms with Gasteiger partial charge in [-0.1, -0.05) is 6.92 Å². The predicted octanol–water partition coefficient (Wildman–Crippen LogP) is 2.71. The van der Waals surface area contributed by atoms with Crippen molar-refractivity contribution in [1.29, 1.82) is 0 Å². The highest BCUT2D eigenvalue weighted by atomic mass is 15.2. The van der Waals surface area contributed by atoms with E-state index in [0.717, 1.165) is 35.2 Å². The van der Waals surface area contributed by atoms with E-state index >= 15 is 0 Å². The molecule has 1 aromatic carbocycles. The largest absolute Gasteiger partial charge is 0.398 e. The Morgan fingerprint density at radius 1 is 1.35 bits per heavy atom. The lowest BCUT2D eigenvalue weighted by atomic mass is 10.1. The molecule has 0 aliphatic carbocycles. The van der Waals surface area contributed by atoms with Crippen molar-refractivity contribution in [3.05, 3.63) is 30.6 Å². The first kappa shape index (κ1) is 13.2. The molecule has 106 valence electrons. The predicted molar refractivity (Wildman–Crippen MR) is 84.9 cm³/mol. The molecular formula is C16H22N4. The lowest BCUT2D eigenvalue weighted by Gasteiger charge is -2.23. The Morgan fingerprint density at radius 3 is 3.10 bits per heavy atom. The zero-order valence-corrected chi connectivity index (χ0v) is 12.0. The normalized spacial score (nSPS) is 19.6. The van der Waals surface area contributed by atoms with E-state index in [2.05, 4.69) is 28.2 Å². The van der Waals surface area contributed by atoms with Crippen LogP contribution in [0.4, 0.5) is 11.4 Å². The topological polar surface area (TPSA) is 54.2 Å². The Labute approximate surface area is 120 Å². The van der Waals surface area contributed by atoms with E-state index < -0.39 is 0 Å². The molecule has 0 radical (unpaired) electrons. The molecule has 4 nitrogen and oxygen atoms in total. The summed E-state index contributed by atoms with van der Waals surface area (Å²) in [5, 5.41) is 5.76. The highest BCUT2D eigenvalue weighted by Gasteiger charge is 2.22. The molecular weight excluding hydrogens is 248 g/mol. The van der Waals surface area contributed by atoms with Gasteiger partial charge in [-0.15, -0.1) is 0 Å². The van der Waals surface area contributed by atoms with Gasteiger partial charge in [-0.3, -0.25) is 9.88 Å². The quantitative estimate of drug-likeness (QED) is 0.839. The monoisotopic (exact) mass is 270 g/mol. The highest BCUT2D eigenvalue weighted by molar-refractivity contribution is 6.00. The van der Waals surface area contributed by atoms with Crippen LogP contribution in [0.1, 0.15) is 19.8 Å². The molecule has 2 aromatic rings. The number of pyridine rings is 1. The first-order valence-corrected chi connectivity index (χ1v) is 7.39. The minimum atomic E-state index is 0.643. The van der Waals surface area contributed by atoms with Crippen LogP contribution in [-0.4, -0.2) is 35.6 Å². The number of likely N-dealkylation sites (tertiary alicyclic amines) is 1. The molecule has 1 aliphatic rings. The maximum Gasteiger partial charge on any atom is 0.0437 e. The number of benzene rings is 1. The molecule has 1 aromatic heterocycles. The van der Waals surface area contributed by atoms with Crippen molar-refractivity contribution in [3.8, 4) is 0 Å². The van der Waals surface area contributed by atoms with Crippen LogP contribution in [0.15, 0.2) is 30.6 Å². The summed E-state index contributed by atoms with van der Waals surface area (Å²) in [6.45, 7) is 5.59. The van der Waals surface area contributed by atoms with E-state index in [1.807, 2.05) is 18.3 Å². The number of hydrogen-bond donors (Lipinski definition) is 2. The van der Waals surface area contributed by atoms with E-state index in [1.165, 1.54) is 19.4 Å². The summed E-state index contributed by atoms with van der Waals surface area (Å²) in [6.07, 6.45) is 6.27. The molecule has 3 rings (SSSR count). The average Bonchev–Trinajstić information content (AvgIpc) is 2.94. The van der Waals surface area contributed by atoms with Crippen LogP contribution in [0.3, 0.4) is 0 Å². The smallest absolute Gasteiger partial charge is 0.0437 e. The van der Waals surface area contributed by atoms with Crippen LogP contribution in [-0.2, 0) is 0 Å². The van der Waals surface area contributed by atoms with E-state index in [9.17, 15) is 0 Å². The number of fused-ring (bicyclic) bond motifs is 1. The molecule has 1 atom stereocenters.